The molecule has 1 aliphatic carbocycles. The molecular formula is C17H26ClN. The molecule has 3 unspecified atom stereocenters. The summed E-state index contributed by atoms with van der Waals surface area (Å²) in [4.78, 5) is 0. The predicted octanol–water partition coefficient (Wildman–Crippen LogP) is 4.59. The van der Waals surface area contributed by atoms with Crippen molar-refractivity contribution in [3.05, 3.63) is 34.3 Å². The van der Waals surface area contributed by atoms with Crippen LogP contribution in [0.5, 0.6) is 0 Å². The Labute approximate surface area is 122 Å². The number of benzene rings is 1. The van der Waals surface area contributed by atoms with Gasteiger partial charge < -0.3 is 5.73 Å². The monoisotopic (exact) mass is 279 g/mol. The molecule has 0 aliphatic heterocycles. The smallest absolute Gasteiger partial charge is 0.0440 e. The molecule has 0 aromatic heterocycles. The zero-order valence-electron chi connectivity index (χ0n) is 12.2. The van der Waals surface area contributed by atoms with Crippen LogP contribution in [-0.2, 0) is 6.42 Å². The summed E-state index contributed by atoms with van der Waals surface area (Å²) in [5, 5.41) is 0.925. The molecule has 1 aromatic rings. The lowest BCUT2D eigenvalue weighted by atomic mass is 9.71. The van der Waals surface area contributed by atoms with Crippen molar-refractivity contribution in [1.29, 1.82) is 0 Å². The van der Waals surface area contributed by atoms with E-state index in [1.807, 2.05) is 0 Å². The van der Waals surface area contributed by atoms with Crippen LogP contribution in [0.4, 0.5) is 0 Å². The Morgan fingerprint density at radius 2 is 2.05 bits per heavy atom. The summed E-state index contributed by atoms with van der Waals surface area (Å²) in [7, 11) is 0. The van der Waals surface area contributed by atoms with Crippen LogP contribution < -0.4 is 5.73 Å². The number of aryl methyl sites for hydroxylation is 1. The van der Waals surface area contributed by atoms with Crippen LogP contribution in [0.3, 0.4) is 0 Å². The van der Waals surface area contributed by atoms with Gasteiger partial charge in [0.15, 0.2) is 0 Å². The van der Waals surface area contributed by atoms with Crippen LogP contribution in [0.15, 0.2) is 18.2 Å². The topological polar surface area (TPSA) is 26.0 Å². The minimum Gasteiger partial charge on any atom is -0.330 e. The lowest BCUT2D eigenvalue weighted by Gasteiger charge is -2.35. The third-order valence-electron chi connectivity index (χ3n) is 4.82. The molecule has 0 heterocycles. The normalized spacial score (nSPS) is 27.5. The molecular weight excluding hydrogens is 254 g/mol. The van der Waals surface area contributed by atoms with Crippen molar-refractivity contribution in [2.45, 2.75) is 46.0 Å². The summed E-state index contributed by atoms with van der Waals surface area (Å²) in [6, 6.07) is 6.44. The van der Waals surface area contributed by atoms with Gasteiger partial charge in [0, 0.05) is 5.02 Å². The van der Waals surface area contributed by atoms with Gasteiger partial charge in [-0.15, -0.1) is 0 Å². The second kappa shape index (κ2) is 6.76. The molecule has 2 heteroatoms. The highest BCUT2D eigenvalue weighted by Gasteiger charge is 2.29. The van der Waals surface area contributed by atoms with E-state index in [9.17, 15) is 0 Å². The van der Waals surface area contributed by atoms with Gasteiger partial charge in [0.2, 0.25) is 0 Å². The van der Waals surface area contributed by atoms with Gasteiger partial charge in [-0.05, 0) is 67.7 Å². The summed E-state index contributed by atoms with van der Waals surface area (Å²) in [5.74, 6) is 2.28. The number of rotatable bonds is 4. The molecule has 1 nitrogen and oxygen atoms in total. The average molecular weight is 280 g/mol. The summed E-state index contributed by atoms with van der Waals surface area (Å²) in [5.41, 5.74) is 8.50. The molecule has 0 amide bonds. The Bertz CT molecular complexity index is 416. The quantitative estimate of drug-likeness (QED) is 0.857. The number of nitrogens with two attached hydrogens (primary N) is 1. The van der Waals surface area contributed by atoms with Crippen molar-refractivity contribution in [2.24, 2.45) is 23.5 Å². The molecule has 0 saturated heterocycles. The van der Waals surface area contributed by atoms with E-state index in [1.54, 1.807) is 0 Å². The second-order valence-electron chi connectivity index (χ2n) is 6.14. The van der Waals surface area contributed by atoms with Gasteiger partial charge in [0.05, 0.1) is 0 Å². The number of hydrogen-bond acceptors (Lipinski definition) is 1. The summed E-state index contributed by atoms with van der Waals surface area (Å²) >= 11 is 6.38. The van der Waals surface area contributed by atoms with Crippen LogP contribution in [0.25, 0.3) is 0 Å². The molecule has 2 rings (SSSR count). The minimum absolute atomic E-state index is 0.681. The fourth-order valence-corrected chi connectivity index (χ4v) is 3.77. The van der Waals surface area contributed by atoms with Gasteiger partial charge in [-0.2, -0.15) is 0 Å². The first-order valence-electron chi connectivity index (χ1n) is 7.59. The molecule has 0 radical (unpaired) electrons. The van der Waals surface area contributed by atoms with Crippen molar-refractivity contribution in [2.75, 3.05) is 6.54 Å². The first-order valence-corrected chi connectivity index (χ1v) is 7.96. The van der Waals surface area contributed by atoms with Crippen molar-refractivity contribution in [3.8, 4) is 0 Å². The Hall–Kier alpha value is -0.530. The maximum absolute atomic E-state index is 6.38. The van der Waals surface area contributed by atoms with E-state index < -0.39 is 0 Å². The first kappa shape index (κ1) is 14.9. The highest BCUT2D eigenvalue weighted by Crippen LogP contribution is 2.37. The summed E-state index contributed by atoms with van der Waals surface area (Å²) in [6.45, 7) is 5.22. The lowest BCUT2D eigenvalue weighted by molar-refractivity contribution is 0.180. The van der Waals surface area contributed by atoms with E-state index in [0.717, 1.165) is 23.9 Å². The molecule has 0 bridgehead atoms. The van der Waals surface area contributed by atoms with Crippen molar-refractivity contribution in [3.63, 3.8) is 0 Å². The molecule has 3 atom stereocenters. The van der Waals surface area contributed by atoms with Gasteiger partial charge >= 0.3 is 0 Å². The van der Waals surface area contributed by atoms with Gasteiger partial charge in [-0.3, -0.25) is 0 Å². The third kappa shape index (κ3) is 3.73. The molecule has 0 spiro atoms. The largest absolute Gasteiger partial charge is 0.330 e. The maximum Gasteiger partial charge on any atom is 0.0440 e. The van der Waals surface area contributed by atoms with Crippen LogP contribution in [0.1, 0.15) is 43.7 Å². The van der Waals surface area contributed by atoms with Crippen molar-refractivity contribution < 1.29 is 0 Å². The second-order valence-corrected chi connectivity index (χ2v) is 6.55. The van der Waals surface area contributed by atoms with E-state index in [4.69, 9.17) is 17.3 Å². The van der Waals surface area contributed by atoms with E-state index in [2.05, 4.69) is 32.0 Å². The average Bonchev–Trinajstić information content (AvgIpc) is 2.41. The molecule has 1 saturated carbocycles. The minimum atomic E-state index is 0.681. The zero-order valence-corrected chi connectivity index (χ0v) is 12.9. The molecule has 1 aromatic carbocycles. The van der Waals surface area contributed by atoms with Gasteiger partial charge in [-0.1, -0.05) is 43.5 Å². The van der Waals surface area contributed by atoms with Crippen LogP contribution in [-0.4, -0.2) is 6.54 Å². The Balaban J connectivity index is 2.09. The summed E-state index contributed by atoms with van der Waals surface area (Å²) < 4.78 is 0. The standard InChI is InChI=1S/C17H26ClN/c1-3-13-5-7-15(11-19)16(9-13)10-14-6-4-12(2)8-17(14)18/h4,6,8,13,15-16H,3,5,7,9-11,19H2,1-2H3. The van der Waals surface area contributed by atoms with E-state index >= 15 is 0 Å². The SMILES string of the molecule is CCC1CCC(CN)C(Cc2ccc(C)cc2Cl)C1. The van der Waals surface area contributed by atoms with Crippen molar-refractivity contribution >= 4 is 11.6 Å². The summed E-state index contributed by atoms with van der Waals surface area (Å²) in [6.07, 6.45) is 6.37. The molecule has 106 valence electrons. The van der Waals surface area contributed by atoms with Crippen LogP contribution in [0.2, 0.25) is 5.02 Å². The molecule has 1 aliphatic rings. The highest BCUT2D eigenvalue weighted by atomic mass is 35.5. The fourth-order valence-electron chi connectivity index (χ4n) is 3.46. The fraction of sp³-hybridized carbons (Fsp3) is 0.647. The van der Waals surface area contributed by atoms with Gasteiger partial charge in [0.1, 0.15) is 0 Å². The Morgan fingerprint density at radius 3 is 2.68 bits per heavy atom. The highest BCUT2D eigenvalue weighted by molar-refractivity contribution is 6.31. The maximum atomic E-state index is 6.38. The lowest BCUT2D eigenvalue weighted by Crippen LogP contribution is -2.31. The Morgan fingerprint density at radius 1 is 1.26 bits per heavy atom. The Kier molecular flexibility index (Phi) is 5.29. The molecule has 1 fully saturated rings. The van der Waals surface area contributed by atoms with Crippen molar-refractivity contribution in [1.82, 2.24) is 0 Å². The van der Waals surface area contributed by atoms with Crippen LogP contribution in [0, 0.1) is 24.7 Å². The van der Waals surface area contributed by atoms with E-state index in [-0.39, 0.29) is 0 Å². The third-order valence-corrected chi connectivity index (χ3v) is 5.17. The van der Waals surface area contributed by atoms with E-state index in [0.29, 0.717) is 11.8 Å². The van der Waals surface area contributed by atoms with Gasteiger partial charge in [-0.25, -0.2) is 0 Å². The van der Waals surface area contributed by atoms with E-state index in [1.165, 1.54) is 36.8 Å². The molecule has 2 N–H and O–H groups in total. The molecule has 19 heavy (non-hydrogen) atoms. The zero-order chi connectivity index (χ0) is 13.8. The first-order chi connectivity index (χ1) is 9.13. The number of halogens is 1. The predicted molar refractivity (Wildman–Crippen MR) is 83.6 cm³/mol. The van der Waals surface area contributed by atoms with Gasteiger partial charge in [0.25, 0.3) is 0 Å². The van der Waals surface area contributed by atoms with Crippen LogP contribution >= 0.6 is 11.6 Å². The number of hydrogen-bond donors (Lipinski definition) is 1.